The molecule has 1 N–H and O–H groups in total. The van der Waals surface area contributed by atoms with Gasteiger partial charge in [0.05, 0.1) is 5.02 Å². The number of carbonyl (C=O) groups excluding carboxylic acids is 2. The monoisotopic (exact) mass is 546 g/mol. The Morgan fingerprint density at radius 2 is 1.56 bits per heavy atom. The van der Waals surface area contributed by atoms with Crippen molar-refractivity contribution in [1.82, 2.24) is 10.2 Å². The molecule has 0 saturated carbocycles. The van der Waals surface area contributed by atoms with Gasteiger partial charge in [-0.2, -0.15) is 0 Å². The SMILES string of the molecule is CC(C)CNC(=O)[C@@H](Cc1ccccc1)N(Cc1ccc(Cl)cc1)C(=O)COc1ccc(Cl)cc1Cl. The van der Waals surface area contributed by atoms with Crippen LogP contribution in [0.5, 0.6) is 5.75 Å². The summed E-state index contributed by atoms with van der Waals surface area (Å²) in [5.74, 6) is 0.0304. The van der Waals surface area contributed by atoms with Crippen LogP contribution in [0, 0.1) is 5.92 Å². The third kappa shape index (κ3) is 8.44. The zero-order valence-corrected chi connectivity index (χ0v) is 22.5. The maximum Gasteiger partial charge on any atom is 0.261 e. The summed E-state index contributed by atoms with van der Waals surface area (Å²) in [6.07, 6.45) is 0.353. The van der Waals surface area contributed by atoms with E-state index < -0.39 is 6.04 Å². The fourth-order valence-corrected chi connectivity index (χ4v) is 4.17. The molecule has 2 amide bonds. The first kappa shape index (κ1) is 27.9. The lowest BCUT2D eigenvalue weighted by molar-refractivity contribution is -0.142. The lowest BCUT2D eigenvalue weighted by atomic mass is 10.0. The Bertz CT molecular complexity index is 1150. The number of hydrogen-bond donors (Lipinski definition) is 1. The summed E-state index contributed by atoms with van der Waals surface area (Å²) in [4.78, 5) is 28.5. The Balaban J connectivity index is 1.90. The van der Waals surface area contributed by atoms with Crippen molar-refractivity contribution in [2.45, 2.75) is 32.9 Å². The van der Waals surface area contributed by atoms with Crippen LogP contribution < -0.4 is 10.1 Å². The van der Waals surface area contributed by atoms with Crippen LogP contribution in [0.3, 0.4) is 0 Å². The van der Waals surface area contributed by atoms with E-state index in [2.05, 4.69) is 5.32 Å². The summed E-state index contributed by atoms with van der Waals surface area (Å²) < 4.78 is 5.74. The molecule has 0 bridgehead atoms. The molecule has 0 radical (unpaired) electrons. The first-order chi connectivity index (χ1) is 17.2. The second-order valence-corrected chi connectivity index (χ2v) is 10.1. The van der Waals surface area contributed by atoms with Crippen LogP contribution in [0.15, 0.2) is 72.8 Å². The second-order valence-electron chi connectivity index (χ2n) is 8.86. The average molecular weight is 548 g/mol. The molecular formula is C28H29Cl3N2O3. The number of rotatable bonds is 11. The summed E-state index contributed by atoms with van der Waals surface area (Å²) in [6.45, 7) is 4.46. The molecule has 0 aliphatic heterocycles. The van der Waals surface area contributed by atoms with Gasteiger partial charge in [-0.05, 0) is 47.4 Å². The minimum absolute atomic E-state index is 0.209. The lowest BCUT2D eigenvalue weighted by Crippen LogP contribution is -2.52. The molecule has 0 aliphatic rings. The zero-order chi connectivity index (χ0) is 26.1. The van der Waals surface area contributed by atoms with E-state index in [1.54, 1.807) is 35.2 Å². The van der Waals surface area contributed by atoms with Crippen LogP contribution in [0.1, 0.15) is 25.0 Å². The van der Waals surface area contributed by atoms with Crippen LogP contribution >= 0.6 is 34.8 Å². The van der Waals surface area contributed by atoms with E-state index in [9.17, 15) is 9.59 Å². The molecule has 3 rings (SSSR count). The highest BCUT2D eigenvalue weighted by atomic mass is 35.5. The molecule has 5 nitrogen and oxygen atoms in total. The molecule has 0 aliphatic carbocycles. The number of hydrogen-bond acceptors (Lipinski definition) is 3. The Kier molecular flexibility index (Phi) is 10.5. The fourth-order valence-electron chi connectivity index (χ4n) is 3.58. The molecule has 3 aromatic rings. The molecule has 1 atom stereocenters. The van der Waals surface area contributed by atoms with Gasteiger partial charge in [-0.1, -0.05) is 91.1 Å². The van der Waals surface area contributed by atoms with Crippen molar-refractivity contribution in [3.8, 4) is 5.75 Å². The summed E-state index contributed by atoms with van der Waals surface area (Å²) in [5, 5.41) is 4.35. The third-order valence-electron chi connectivity index (χ3n) is 5.47. The Hall–Kier alpha value is -2.73. The highest BCUT2D eigenvalue weighted by molar-refractivity contribution is 6.35. The minimum Gasteiger partial charge on any atom is -0.482 e. The van der Waals surface area contributed by atoms with Crippen molar-refractivity contribution in [1.29, 1.82) is 0 Å². The second kappa shape index (κ2) is 13.5. The number of amides is 2. The topological polar surface area (TPSA) is 58.6 Å². The number of ether oxygens (including phenoxy) is 1. The molecule has 0 fully saturated rings. The molecule has 0 heterocycles. The predicted octanol–water partition coefficient (Wildman–Crippen LogP) is 6.44. The summed E-state index contributed by atoms with van der Waals surface area (Å²) in [6, 6.07) is 20.9. The number of carbonyl (C=O) groups is 2. The van der Waals surface area contributed by atoms with Gasteiger partial charge in [0, 0.05) is 29.6 Å². The molecule has 0 aromatic heterocycles. The molecule has 8 heteroatoms. The molecule has 0 unspecified atom stereocenters. The van der Waals surface area contributed by atoms with E-state index in [-0.39, 0.29) is 30.9 Å². The van der Waals surface area contributed by atoms with E-state index in [4.69, 9.17) is 39.5 Å². The fraction of sp³-hybridized carbons (Fsp3) is 0.286. The van der Waals surface area contributed by atoms with Crippen molar-refractivity contribution in [3.05, 3.63) is 99.0 Å². The molecule has 190 valence electrons. The molecule has 0 saturated heterocycles. The molecule has 3 aromatic carbocycles. The van der Waals surface area contributed by atoms with E-state index >= 15 is 0 Å². The highest BCUT2D eigenvalue weighted by Crippen LogP contribution is 2.27. The van der Waals surface area contributed by atoms with Gasteiger partial charge < -0.3 is 15.0 Å². The van der Waals surface area contributed by atoms with Crippen molar-refractivity contribution in [2.75, 3.05) is 13.2 Å². The first-order valence-corrected chi connectivity index (χ1v) is 12.8. The summed E-state index contributed by atoms with van der Waals surface area (Å²) in [5.41, 5.74) is 1.78. The first-order valence-electron chi connectivity index (χ1n) is 11.7. The van der Waals surface area contributed by atoms with Crippen LogP contribution in [0.25, 0.3) is 0 Å². The third-order valence-corrected chi connectivity index (χ3v) is 6.25. The van der Waals surface area contributed by atoms with Crippen molar-refractivity contribution in [3.63, 3.8) is 0 Å². The normalized spacial score (nSPS) is 11.7. The van der Waals surface area contributed by atoms with Gasteiger partial charge >= 0.3 is 0 Å². The van der Waals surface area contributed by atoms with Crippen LogP contribution in [0.4, 0.5) is 0 Å². The number of halogens is 3. The Morgan fingerprint density at radius 3 is 2.19 bits per heavy atom. The molecular weight excluding hydrogens is 519 g/mol. The number of nitrogens with zero attached hydrogens (tertiary/aromatic N) is 1. The zero-order valence-electron chi connectivity index (χ0n) is 20.2. The molecule has 36 heavy (non-hydrogen) atoms. The van der Waals surface area contributed by atoms with Gasteiger partial charge in [0.2, 0.25) is 5.91 Å². The van der Waals surface area contributed by atoms with Crippen molar-refractivity contribution in [2.24, 2.45) is 5.92 Å². The van der Waals surface area contributed by atoms with Crippen LogP contribution in [-0.2, 0) is 22.6 Å². The number of benzene rings is 3. The lowest BCUT2D eigenvalue weighted by Gasteiger charge is -2.31. The highest BCUT2D eigenvalue weighted by Gasteiger charge is 2.31. The molecule has 0 spiro atoms. The van der Waals surface area contributed by atoms with Crippen LogP contribution in [0.2, 0.25) is 15.1 Å². The number of nitrogens with one attached hydrogen (secondary N) is 1. The smallest absolute Gasteiger partial charge is 0.261 e. The Labute approximate surface area is 227 Å². The largest absolute Gasteiger partial charge is 0.482 e. The van der Waals surface area contributed by atoms with Gasteiger partial charge in [0.15, 0.2) is 6.61 Å². The van der Waals surface area contributed by atoms with Gasteiger partial charge in [-0.3, -0.25) is 9.59 Å². The quantitative estimate of drug-likeness (QED) is 0.301. The van der Waals surface area contributed by atoms with E-state index in [0.29, 0.717) is 33.8 Å². The van der Waals surface area contributed by atoms with Crippen LogP contribution in [-0.4, -0.2) is 35.9 Å². The summed E-state index contributed by atoms with van der Waals surface area (Å²) >= 11 is 18.2. The van der Waals surface area contributed by atoms with Gasteiger partial charge in [0.1, 0.15) is 11.8 Å². The van der Waals surface area contributed by atoms with Gasteiger partial charge in [-0.25, -0.2) is 0 Å². The minimum atomic E-state index is -0.751. The van der Waals surface area contributed by atoms with Gasteiger partial charge in [0.25, 0.3) is 5.91 Å². The maximum atomic E-state index is 13.6. The van der Waals surface area contributed by atoms with E-state index in [0.717, 1.165) is 11.1 Å². The average Bonchev–Trinajstić information content (AvgIpc) is 2.85. The summed E-state index contributed by atoms with van der Waals surface area (Å²) in [7, 11) is 0. The van der Waals surface area contributed by atoms with Crippen molar-refractivity contribution < 1.29 is 14.3 Å². The van der Waals surface area contributed by atoms with E-state index in [1.165, 1.54) is 0 Å². The Morgan fingerprint density at radius 1 is 0.889 bits per heavy atom. The maximum absolute atomic E-state index is 13.6. The predicted molar refractivity (Wildman–Crippen MR) is 146 cm³/mol. The van der Waals surface area contributed by atoms with Gasteiger partial charge in [-0.15, -0.1) is 0 Å². The van der Waals surface area contributed by atoms with E-state index in [1.807, 2.05) is 56.3 Å². The van der Waals surface area contributed by atoms with Crippen molar-refractivity contribution >= 4 is 46.6 Å². The standard InChI is InChI=1S/C28H29Cl3N2O3/c1-19(2)16-32-28(35)25(14-20-6-4-3-5-7-20)33(17-21-8-10-22(29)11-9-21)27(34)18-36-26-13-12-23(30)15-24(26)31/h3-13,15,19,25H,14,16-18H2,1-2H3,(H,32,35)/t25-/m1/s1.